The molecule has 2 aromatic carbocycles. The summed E-state index contributed by atoms with van der Waals surface area (Å²) in [6.07, 6.45) is 0. The first-order chi connectivity index (χ1) is 10.7. The van der Waals surface area contributed by atoms with E-state index in [1.807, 2.05) is 42.5 Å². The van der Waals surface area contributed by atoms with Crippen LogP contribution in [0.4, 0.5) is 11.4 Å². The van der Waals surface area contributed by atoms with Crippen LogP contribution in [0.2, 0.25) is 0 Å². The van der Waals surface area contributed by atoms with Crippen molar-refractivity contribution in [2.24, 2.45) is 0 Å². The molecule has 0 spiro atoms. The Bertz CT molecular complexity index is 691. The maximum absolute atomic E-state index is 11.9. The summed E-state index contributed by atoms with van der Waals surface area (Å²) in [6.45, 7) is 1.28. The fraction of sp³-hybridized carbons (Fsp3) is 0.188. The molecule has 1 amide bonds. The Morgan fingerprint density at radius 2 is 1.86 bits per heavy atom. The summed E-state index contributed by atoms with van der Waals surface area (Å²) < 4.78 is 11.9. The smallest absolute Gasteiger partial charge is 0.243 e. The molecule has 2 N–H and O–H groups in total. The highest BCUT2D eigenvalue weighted by Gasteiger charge is 2.12. The van der Waals surface area contributed by atoms with E-state index in [0.717, 1.165) is 21.6 Å². The van der Waals surface area contributed by atoms with Crippen molar-refractivity contribution in [1.29, 1.82) is 0 Å². The van der Waals surface area contributed by atoms with Gasteiger partial charge in [-0.05, 0) is 30.3 Å². The third kappa shape index (κ3) is 3.71. The standard InChI is InChI=1S/C16H15BrN2O3/c17-11-2-1-3-13(8-11)19-16(20)10-18-12-4-5-14-15(9-12)22-7-6-21-14/h1-5,8-9,18H,6-7,10H2,(H,19,20). The Hall–Kier alpha value is -2.21. The highest BCUT2D eigenvalue weighted by atomic mass is 79.9. The lowest BCUT2D eigenvalue weighted by atomic mass is 10.2. The molecule has 0 fully saturated rings. The van der Waals surface area contributed by atoms with E-state index < -0.39 is 0 Å². The lowest BCUT2D eigenvalue weighted by Gasteiger charge is -2.19. The Morgan fingerprint density at radius 3 is 2.68 bits per heavy atom. The molecule has 0 aliphatic carbocycles. The number of carbonyl (C=O) groups excluding carboxylic acids is 1. The van der Waals surface area contributed by atoms with Crippen LogP contribution in [-0.4, -0.2) is 25.7 Å². The molecule has 0 atom stereocenters. The number of benzene rings is 2. The van der Waals surface area contributed by atoms with Gasteiger partial charge in [0, 0.05) is 21.9 Å². The number of anilines is 2. The second-order valence-electron chi connectivity index (χ2n) is 4.77. The van der Waals surface area contributed by atoms with E-state index in [2.05, 4.69) is 26.6 Å². The Morgan fingerprint density at radius 1 is 1.05 bits per heavy atom. The quantitative estimate of drug-likeness (QED) is 0.876. The molecule has 22 heavy (non-hydrogen) atoms. The molecule has 0 bridgehead atoms. The third-order valence-electron chi connectivity index (χ3n) is 3.10. The molecule has 0 aromatic heterocycles. The van der Waals surface area contributed by atoms with Crippen LogP contribution in [0.15, 0.2) is 46.9 Å². The van der Waals surface area contributed by atoms with Crippen molar-refractivity contribution in [1.82, 2.24) is 0 Å². The third-order valence-corrected chi connectivity index (χ3v) is 3.60. The van der Waals surface area contributed by atoms with Crippen LogP contribution < -0.4 is 20.1 Å². The van der Waals surface area contributed by atoms with Crippen LogP contribution in [0, 0.1) is 0 Å². The van der Waals surface area contributed by atoms with Crippen molar-refractivity contribution >= 4 is 33.2 Å². The molecule has 114 valence electrons. The van der Waals surface area contributed by atoms with Crippen LogP contribution in [0.25, 0.3) is 0 Å². The molecule has 1 aliphatic rings. The fourth-order valence-corrected chi connectivity index (χ4v) is 2.51. The minimum atomic E-state index is -0.118. The van der Waals surface area contributed by atoms with Crippen LogP contribution in [0.3, 0.4) is 0 Å². The number of ether oxygens (including phenoxy) is 2. The summed E-state index contributed by atoms with van der Waals surface area (Å²) in [4.78, 5) is 11.9. The van der Waals surface area contributed by atoms with Crippen molar-refractivity contribution in [3.8, 4) is 11.5 Å². The number of amides is 1. The van der Waals surface area contributed by atoms with Crippen LogP contribution in [0.1, 0.15) is 0 Å². The van der Waals surface area contributed by atoms with E-state index >= 15 is 0 Å². The monoisotopic (exact) mass is 362 g/mol. The number of rotatable bonds is 4. The number of halogens is 1. The van der Waals surface area contributed by atoms with E-state index in [-0.39, 0.29) is 12.5 Å². The summed E-state index contributed by atoms with van der Waals surface area (Å²) in [5.41, 5.74) is 1.57. The first kappa shape index (κ1) is 14.7. The molecule has 3 rings (SSSR count). The molecule has 2 aromatic rings. The van der Waals surface area contributed by atoms with Gasteiger partial charge in [-0.25, -0.2) is 0 Å². The first-order valence-electron chi connectivity index (χ1n) is 6.90. The minimum absolute atomic E-state index is 0.118. The summed E-state index contributed by atoms with van der Waals surface area (Å²) in [5, 5.41) is 5.90. The summed E-state index contributed by atoms with van der Waals surface area (Å²) in [7, 11) is 0. The number of nitrogens with one attached hydrogen (secondary N) is 2. The van der Waals surface area contributed by atoms with E-state index in [1.165, 1.54) is 0 Å². The van der Waals surface area contributed by atoms with E-state index in [4.69, 9.17) is 9.47 Å². The number of carbonyl (C=O) groups is 1. The van der Waals surface area contributed by atoms with Gasteiger partial charge in [0.2, 0.25) is 5.91 Å². The normalized spacial score (nSPS) is 12.6. The van der Waals surface area contributed by atoms with Gasteiger partial charge in [-0.15, -0.1) is 0 Å². The topological polar surface area (TPSA) is 59.6 Å². The highest BCUT2D eigenvalue weighted by Crippen LogP contribution is 2.32. The molecule has 0 unspecified atom stereocenters. The van der Waals surface area contributed by atoms with Crippen molar-refractivity contribution in [3.63, 3.8) is 0 Å². The first-order valence-corrected chi connectivity index (χ1v) is 7.69. The Balaban J connectivity index is 1.57. The Kier molecular flexibility index (Phi) is 4.48. The van der Waals surface area contributed by atoms with Gasteiger partial charge in [-0.2, -0.15) is 0 Å². The molecule has 0 radical (unpaired) electrons. The molecule has 0 saturated heterocycles. The molecule has 1 heterocycles. The number of hydrogen-bond acceptors (Lipinski definition) is 4. The largest absolute Gasteiger partial charge is 0.486 e. The van der Waals surface area contributed by atoms with E-state index in [9.17, 15) is 4.79 Å². The zero-order chi connectivity index (χ0) is 15.4. The zero-order valence-electron chi connectivity index (χ0n) is 11.8. The van der Waals surface area contributed by atoms with Gasteiger partial charge in [-0.3, -0.25) is 4.79 Å². The van der Waals surface area contributed by atoms with Crippen molar-refractivity contribution < 1.29 is 14.3 Å². The summed E-state index contributed by atoms with van der Waals surface area (Å²) in [6, 6.07) is 13.0. The lowest BCUT2D eigenvalue weighted by Crippen LogP contribution is -2.22. The van der Waals surface area contributed by atoms with Crippen LogP contribution in [0.5, 0.6) is 11.5 Å². The van der Waals surface area contributed by atoms with Crippen molar-refractivity contribution in [2.45, 2.75) is 0 Å². The zero-order valence-corrected chi connectivity index (χ0v) is 13.4. The van der Waals surface area contributed by atoms with Crippen molar-refractivity contribution in [3.05, 3.63) is 46.9 Å². The number of hydrogen-bond donors (Lipinski definition) is 2. The fourth-order valence-electron chi connectivity index (χ4n) is 2.11. The highest BCUT2D eigenvalue weighted by molar-refractivity contribution is 9.10. The maximum Gasteiger partial charge on any atom is 0.243 e. The molecule has 5 nitrogen and oxygen atoms in total. The lowest BCUT2D eigenvalue weighted by molar-refractivity contribution is -0.114. The van der Waals surface area contributed by atoms with Gasteiger partial charge >= 0.3 is 0 Å². The maximum atomic E-state index is 11.9. The molecule has 1 aliphatic heterocycles. The SMILES string of the molecule is O=C(CNc1ccc2c(c1)OCCO2)Nc1cccc(Br)c1. The predicted octanol–water partition coefficient (Wildman–Crippen LogP) is 3.27. The van der Waals surface area contributed by atoms with Gasteiger partial charge in [0.05, 0.1) is 6.54 Å². The van der Waals surface area contributed by atoms with Crippen LogP contribution >= 0.6 is 15.9 Å². The Labute approximate surface area is 136 Å². The second-order valence-corrected chi connectivity index (χ2v) is 5.69. The van der Waals surface area contributed by atoms with Gasteiger partial charge in [0.25, 0.3) is 0 Å². The summed E-state index contributed by atoms with van der Waals surface area (Å²) in [5.74, 6) is 1.31. The molecular formula is C16H15BrN2O3. The second kappa shape index (κ2) is 6.70. The van der Waals surface area contributed by atoms with E-state index in [1.54, 1.807) is 0 Å². The van der Waals surface area contributed by atoms with Crippen LogP contribution in [-0.2, 0) is 4.79 Å². The number of fused-ring (bicyclic) bond motifs is 1. The summed E-state index contributed by atoms with van der Waals surface area (Å²) >= 11 is 3.37. The average Bonchev–Trinajstić information content (AvgIpc) is 2.53. The van der Waals surface area contributed by atoms with Gasteiger partial charge in [-0.1, -0.05) is 22.0 Å². The predicted molar refractivity (Wildman–Crippen MR) is 88.7 cm³/mol. The molecule has 0 saturated carbocycles. The minimum Gasteiger partial charge on any atom is -0.486 e. The molecular weight excluding hydrogens is 348 g/mol. The average molecular weight is 363 g/mol. The van der Waals surface area contributed by atoms with E-state index in [0.29, 0.717) is 19.0 Å². The van der Waals surface area contributed by atoms with Crippen molar-refractivity contribution in [2.75, 3.05) is 30.4 Å². The molecule has 6 heteroatoms. The van der Waals surface area contributed by atoms with Gasteiger partial charge in [0.15, 0.2) is 11.5 Å². The van der Waals surface area contributed by atoms with Gasteiger partial charge in [0.1, 0.15) is 13.2 Å². The van der Waals surface area contributed by atoms with Gasteiger partial charge < -0.3 is 20.1 Å².